The summed E-state index contributed by atoms with van der Waals surface area (Å²) < 4.78 is 6.07. The molecule has 25 heavy (non-hydrogen) atoms. The van der Waals surface area contributed by atoms with Gasteiger partial charge in [-0.2, -0.15) is 0 Å². The Morgan fingerprint density at radius 2 is 2.00 bits per heavy atom. The molecule has 2 aliphatic rings. The van der Waals surface area contributed by atoms with Crippen molar-refractivity contribution in [3.05, 3.63) is 54.6 Å². The smallest absolute Gasteiger partial charge is 0.316 e. The van der Waals surface area contributed by atoms with Crippen LogP contribution < -0.4 is 4.74 Å². The third kappa shape index (κ3) is 2.76. The highest BCUT2D eigenvalue weighted by atomic mass is 16.5. The quantitative estimate of drug-likeness (QED) is 0.793. The van der Waals surface area contributed by atoms with Crippen LogP contribution in [-0.2, 0) is 0 Å². The van der Waals surface area contributed by atoms with Crippen molar-refractivity contribution >= 4 is 10.9 Å². The predicted octanol–water partition coefficient (Wildman–Crippen LogP) is 3.76. The number of fused-ring (bicyclic) bond motifs is 2. The van der Waals surface area contributed by atoms with E-state index >= 15 is 0 Å². The maximum absolute atomic E-state index is 6.07. The summed E-state index contributed by atoms with van der Waals surface area (Å²) in [5.41, 5.74) is 4.63. The van der Waals surface area contributed by atoms with Gasteiger partial charge in [-0.25, -0.2) is 9.97 Å². The Kier molecular flexibility index (Phi) is 3.44. The van der Waals surface area contributed by atoms with Gasteiger partial charge in [-0.1, -0.05) is 6.07 Å². The van der Waals surface area contributed by atoms with Crippen molar-refractivity contribution in [1.29, 1.82) is 0 Å². The molecule has 5 rings (SSSR count). The highest BCUT2D eigenvalue weighted by Crippen LogP contribution is 2.28. The lowest BCUT2D eigenvalue weighted by atomic mass is 9.95. The first-order valence-electron chi connectivity index (χ1n) is 8.86. The Morgan fingerprint density at radius 3 is 2.92 bits per heavy atom. The normalized spacial score (nSPS) is 19.8. The SMILES string of the molecule is C1=C2CCCN1CC[C@@H]2Oc1ncc(-c2ccc3[nH]ccc3c2)cn1. The number of aromatic nitrogens is 3. The number of rotatable bonds is 3. The third-order valence-corrected chi connectivity index (χ3v) is 5.11. The van der Waals surface area contributed by atoms with Crippen molar-refractivity contribution in [2.75, 3.05) is 13.1 Å². The molecule has 0 aliphatic carbocycles. The first-order chi connectivity index (χ1) is 12.3. The monoisotopic (exact) mass is 332 g/mol. The van der Waals surface area contributed by atoms with Crippen LogP contribution in [0.3, 0.4) is 0 Å². The molecule has 2 aromatic heterocycles. The van der Waals surface area contributed by atoms with Crippen LogP contribution in [0.15, 0.2) is 54.6 Å². The van der Waals surface area contributed by atoms with Gasteiger partial charge in [0.15, 0.2) is 0 Å². The van der Waals surface area contributed by atoms with Gasteiger partial charge in [0.2, 0.25) is 0 Å². The first-order valence-corrected chi connectivity index (χ1v) is 8.86. The summed E-state index contributed by atoms with van der Waals surface area (Å²) in [6.07, 6.45) is 11.4. The zero-order chi connectivity index (χ0) is 16.6. The molecule has 4 heterocycles. The number of nitrogens with zero attached hydrogens (tertiary/aromatic N) is 3. The van der Waals surface area contributed by atoms with Gasteiger partial charge in [-0.15, -0.1) is 0 Å². The molecule has 2 aliphatic heterocycles. The van der Waals surface area contributed by atoms with Crippen LogP contribution in [0.25, 0.3) is 22.0 Å². The number of benzene rings is 1. The van der Waals surface area contributed by atoms with E-state index in [0.717, 1.165) is 36.0 Å². The standard InChI is InChI=1S/C20H20N4O/c1-2-16-13-24(8-1)9-6-19(16)25-20-22-11-17(12-23-20)14-3-4-18-15(10-14)5-7-21-18/h3-5,7,10-13,19,21H,1-2,6,8-9H2/t19-/m0/s1. The lowest BCUT2D eigenvalue weighted by Gasteiger charge is -2.35. The van der Waals surface area contributed by atoms with Crippen molar-refractivity contribution in [2.45, 2.75) is 25.4 Å². The Morgan fingerprint density at radius 1 is 1.08 bits per heavy atom. The van der Waals surface area contributed by atoms with Crippen molar-refractivity contribution in [3.8, 4) is 17.1 Å². The van der Waals surface area contributed by atoms with Crippen LogP contribution in [-0.4, -0.2) is 39.0 Å². The Hall–Kier alpha value is -2.82. The number of ether oxygens (including phenoxy) is 1. The lowest BCUT2D eigenvalue weighted by molar-refractivity contribution is 0.155. The molecule has 126 valence electrons. The third-order valence-electron chi connectivity index (χ3n) is 5.11. The molecule has 3 aromatic rings. The van der Waals surface area contributed by atoms with Crippen LogP contribution in [0.4, 0.5) is 0 Å². The second kappa shape index (κ2) is 5.92. The fourth-order valence-corrected chi connectivity index (χ4v) is 3.76. The van der Waals surface area contributed by atoms with E-state index in [9.17, 15) is 0 Å². The fourth-order valence-electron chi connectivity index (χ4n) is 3.76. The van der Waals surface area contributed by atoms with E-state index < -0.39 is 0 Å². The summed E-state index contributed by atoms with van der Waals surface area (Å²) >= 11 is 0. The summed E-state index contributed by atoms with van der Waals surface area (Å²) in [4.78, 5) is 14.5. The molecule has 2 bridgehead atoms. The number of H-pyrrole nitrogens is 1. The molecule has 0 saturated carbocycles. The summed E-state index contributed by atoms with van der Waals surface area (Å²) in [5.74, 6) is 0. The summed E-state index contributed by atoms with van der Waals surface area (Å²) in [6, 6.07) is 8.85. The number of hydrogen-bond acceptors (Lipinski definition) is 4. The van der Waals surface area contributed by atoms with Crippen molar-refractivity contribution in [1.82, 2.24) is 19.9 Å². The van der Waals surface area contributed by atoms with Gasteiger partial charge in [-0.3, -0.25) is 0 Å². The Balaban J connectivity index is 1.35. The van der Waals surface area contributed by atoms with E-state index in [1.807, 2.05) is 18.6 Å². The Bertz CT molecular complexity index is 928. The molecule has 0 unspecified atom stereocenters. The largest absolute Gasteiger partial charge is 0.455 e. The lowest BCUT2D eigenvalue weighted by Crippen LogP contribution is -2.37. The second-order valence-electron chi connectivity index (χ2n) is 6.77. The predicted molar refractivity (Wildman–Crippen MR) is 97.2 cm³/mol. The molecular formula is C20H20N4O. The van der Waals surface area contributed by atoms with E-state index in [-0.39, 0.29) is 6.10 Å². The molecular weight excluding hydrogens is 312 g/mol. The van der Waals surface area contributed by atoms with E-state index in [4.69, 9.17) is 4.74 Å². The molecule has 5 heteroatoms. The molecule has 0 radical (unpaired) electrons. The molecule has 0 spiro atoms. The minimum Gasteiger partial charge on any atom is -0.455 e. The number of hydrogen-bond donors (Lipinski definition) is 1. The maximum atomic E-state index is 6.07. The maximum Gasteiger partial charge on any atom is 0.316 e. The molecule has 0 saturated heterocycles. The molecule has 5 nitrogen and oxygen atoms in total. The fraction of sp³-hybridized carbons (Fsp3) is 0.300. The summed E-state index contributed by atoms with van der Waals surface area (Å²) in [5, 5.41) is 1.19. The highest BCUT2D eigenvalue weighted by molar-refractivity contribution is 5.84. The van der Waals surface area contributed by atoms with E-state index in [0.29, 0.717) is 6.01 Å². The van der Waals surface area contributed by atoms with Gasteiger partial charge < -0.3 is 14.6 Å². The van der Waals surface area contributed by atoms with Crippen molar-refractivity contribution < 1.29 is 4.74 Å². The summed E-state index contributed by atoms with van der Waals surface area (Å²) in [6.45, 7) is 2.23. The van der Waals surface area contributed by atoms with Crippen molar-refractivity contribution in [3.63, 3.8) is 0 Å². The topological polar surface area (TPSA) is 54.0 Å². The molecule has 0 fully saturated rings. The van der Waals surface area contributed by atoms with Gasteiger partial charge in [0.1, 0.15) is 6.10 Å². The van der Waals surface area contributed by atoms with E-state index in [1.54, 1.807) is 0 Å². The van der Waals surface area contributed by atoms with Crippen LogP contribution in [0.2, 0.25) is 0 Å². The van der Waals surface area contributed by atoms with E-state index in [1.165, 1.54) is 23.9 Å². The van der Waals surface area contributed by atoms with Gasteiger partial charge in [0.25, 0.3) is 0 Å². The zero-order valence-corrected chi connectivity index (χ0v) is 14.0. The zero-order valence-electron chi connectivity index (χ0n) is 14.0. The van der Waals surface area contributed by atoms with Crippen LogP contribution in [0.1, 0.15) is 19.3 Å². The molecule has 1 aromatic carbocycles. The molecule has 1 N–H and O–H groups in total. The average Bonchev–Trinajstić information content (AvgIpc) is 3.13. The van der Waals surface area contributed by atoms with Gasteiger partial charge in [0, 0.05) is 55.4 Å². The minimum atomic E-state index is 0.124. The molecule has 1 atom stereocenters. The minimum absolute atomic E-state index is 0.124. The van der Waals surface area contributed by atoms with Crippen molar-refractivity contribution in [2.24, 2.45) is 0 Å². The highest BCUT2D eigenvalue weighted by Gasteiger charge is 2.26. The van der Waals surface area contributed by atoms with E-state index in [2.05, 4.69) is 50.3 Å². The van der Waals surface area contributed by atoms with Gasteiger partial charge >= 0.3 is 6.01 Å². The van der Waals surface area contributed by atoms with Crippen LogP contribution >= 0.6 is 0 Å². The molecule has 0 amide bonds. The van der Waals surface area contributed by atoms with Gasteiger partial charge in [0.05, 0.1) is 0 Å². The summed E-state index contributed by atoms with van der Waals surface area (Å²) in [7, 11) is 0. The van der Waals surface area contributed by atoms with Gasteiger partial charge in [-0.05, 0) is 47.6 Å². The Labute approximate surface area is 146 Å². The van der Waals surface area contributed by atoms with Crippen LogP contribution in [0, 0.1) is 0 Å². The van der Waals surface area contributed by atoms with Crippen LogP contribution in [0.5, 0.6) is 6.01 Å². The average molecular weight is 332 g/mol. The second-order valence-corrected chi connectivity index (χ2v) is 6.77. The number of nitrogens with one attached hydrogen (secondary N) is 1. The number of aromatic amines is 1. The first kappa shape index (κ1) is 14.5.